The Labute approximate surface area is 154 Å². The van der Waals surface area contributed by atoms with E-state index in [0.717, 1.165) is 17.1 Å². The fraction of sp³-hybridized carbons (Fsp3) is 0.381. The second-order valence-corrected chi connectivity index (χ2v) is 6.63. The molecule has 0 aliphatic carbocycles. The molecule has 0 saturated carbocycles. The molecule has 0 bridgehead atoms. The summed E-state index contributed by atoms with van der Waals surface area (Å²) in [4.78, 5) is 14.5. The Morgan fingerprint density at radius 1 is 1.08 bits per heavy atom. The first kappa shape index (κ1) is 18.3. The molecule has 0 unspecified atom stereocenters. The summed E-state index contributed by atoms with van der Waals surface area (Å²) in [5.74, 6) is 1.56. The van der Waals surface area contributed by atoms with Crippen LogP contribution in [0.1, 0.15) is 29.8 Å². The Bertz CT molecular complexity index is 734. The van der Waals surface area contributed by atoms with E-state index in [1.54, 1.807) is 7.11 Å². The van der Waals surface area contributed by atoms with Crippen LogP contribution in [0.4, 0.5) is 0 Å². The Morgan fingerprint density at radius 3 is 2.38 bits per heavy atom. The lowest BCUT2D eigenvalue weighted by Crippen LogP contribution is -2.48. The van der Waals surface area contributed by atoms with Crippen LogP contribution in [-0.2, 0) is 11.3 Å². The van der Waals surface area contributed by atoms with Crippen molar-refractivity contribution in [2.75, 3.05) is 20.2 Å². The number of methoxy groups -OCH3 is 1. The molecule has 1 aliphatic rings. The minimum atomic E-state index is 0.0484. The predicted octanol–water partition coefficient (Wildman–Crippen LogP) is 3.52. The fourth-order valence-corrected chi connectivity index (χ4v) is 3.13. The molecule has 26 heavy (non-hydrogen) atoms. The van der Waals surface area contributed by atoms with Crippen LogP contribution < -0.4 is 9.47 Å². The standard InChI is InChI=1S/C21H25NO4/c1-15-12-22(13-16(2)26-15)21(23)18-9-7-17(8-10-18)14-25-20-6-4-5-19(11-20)24-3/h4-11,15-16H,12-14H2,1-3H3/t15-,16-/m1/s1. The minimum Gasteiger partial charge on any atom is -0.497 e. The van der Waals surface area contributed by atoms with Crippen molar-refractivity contribution < 1.29 is 19.0 Å². The van der Waals surface area contributed by atoms with Crippen molar-refractivity contribution >= 4 is 5.91 Å². The molecule has 5 heteroatoms. The van der Waals surface area contributed by atoms with Crippen LogP contribution in [0, 0.1) is 0 Å². The summed E-state index contributed by atoms with van der Waals surface area (Å²) >= 11 is 0. The maximum Gasteiger partial charge on any atom is 0.254 e. The van der Waals surface area contributed by atoms with E-state index in [-0.39, 0.29) is 18.1 Å². The molecular weight excluding hydrogens is 330 g/mol. The smallest absolute Gasteiger partial charge is 0.254 e. The van der Waals surface area contributed by atoms with Crippen LogP contribution >= 0.6 is 0 Å². The largest absolute Gasteiger partial charge is 0.497 e. The van der Waals surface area contributed by atoms with Crippen molar-refractivity contribution in [3.8, 4) is 11.5 Å². The van der Waals surface area contributed by atoms with Crippen LogP contribution in [0.3, 0.4) is 0 Å². The van der Waals surface area contributed by atoms with Gasteiger partial charge in [0.2, 0.25) is 0 Å². The summed E-state index contributed by atoms with van der Waals surface area (Å²) < 4.78 is 16.7. The van der Waals surface area contributed by atoms with Gasteiger partial charge in [0.15, 0.2) is 0 Å². The van der Waals surface area contributed by atoms with Crippen LogP contribution in [0.25, 0.3) is 0 Å². The second kappa shape index (κ2) is 8.23. The van der Waals surface area contributed by atoms with Gasteiger partial charge in [-0.15, -0.1) is 0 Å². The van der Waals surface area contributed by atoms with Gasteiger partial charge < -0.3 is 19.1 Å². The summed E-state index contributed by atoms with van der Waals surface area (Å²) in [6.45, 7) is 5.69. The van der Waals surface area contributed by atoms with Gasteiger partial charge in [0.1, 0.15) is 18.1 Å². The lowest BCUT2D eigenvalue weighted by Gasteiger charge is -2.35. The van der Waals surface area contributed by atoms with Crippen molar-refractivity contribution in [1.29, 1.82) is 0 Å². The van der Waals surface area contributed by atoms with Crippen molar-refractivity contribution in [1.82, 2.24) is 4.90 Å². The first-order chi connectivity index (χ1) is 12.5. The fourth-order valence-electron chi connectivity index (χ4n) is 3.13. The molecule has 1 fully saturated rings. The van der Waals surface area contributed by atoms with Gasteiger partial charge in [-0.3, -0.25) is 4.79 Å². The van der Waals surface area contributed by atoms with E-state index in [1.807, 2.05) is 67.3 Å². The zero-order valence-electron chi connectivity index (χ0n) is 15.5. The van der Waals surface area contributed by atoms with Gasteiger partial charge in [0.05, 0.1) is 19.3 Å². The normalized spacial score (nSPS) is 19.9. The highest BCUT2D eigenvalue weighted by Crippen LogP contribution is 2.20. The molecule has 0 N–H and O–H groups in total. The molecule has 2 aromatic carbocycles. The lowest BCUT2D eigenvalue weighted by atomic mass is 10.1. The monoisotopic (exact) mass is 355 g/mol. The molecule has 0 spiro atoms. The number of morpholine rings is 1. The number of nitrogens with zero attached hydrogens (tertiary/aromatic N) is 1. The average molecular weight is 355 g/mol. The van der Waals surface area contributed by atoms with Crippen LogP contribution in [0.15, 0.2) is 48.5 Å². The van der Waals surface area contributed by atoms with E-state index in [2.05, 4.69) is 0 Å². The van der Waals surface area contributed by atoms with E-state index in [4.69, 9.17) is 14.2 Å². The predicted molar refractivity (Wildman–Crippen MR) is 99.7 cm³/mol. The molecule has 1 amide bonds. The number of rotatable bonds is 5. The molecule has 1 heterocycles. The van der Waals surface area contributed by atoms with Crippen LogP contribution in [0.2, 0.25) is 0 Å². The number of hydrogen-bond acceptors (Lipinski definition) is 4. The topological polar surface area (TPSA) is 48.0 Å². The minimum absolute atomic E-state index is 0.0484. The molecule has 2 aromatic rings. The third-order valence-electron chi connectivity index (χ3n) is 4.35. The van der Waals surface area contributed by atoms with E-state index in [0.29, 0.717) is 25.3 Å². The van der Waals surface area contributed by atoms with E-state index >= 15 is 0 Å². The second-order valence-electron chi connectivity index (χ2n) is 6.63. The zero-order chi connectivity index (χ0) is 18.5. The van der Waals surface area contributed by atoms with Gasteiger partial charge in [0.25, 0.3) is 5.91 Å². The average Bonchev–Trinajstić information content (AvgIpc) is 2.65. The molecule has 138 valence electrons. The lowest BCUT2D eigenvalue weighted by molar-refractivity contribution is -0.0586. The highest BCUT2D eigenvalue weighted by atomic mass is 16.5. The summed E-state index contributed by atoms with van der Waals surface area (Å²) in [5.41, 5.74) is 1.70. The molecule has 2 atom stereocenters. The third kappa shape index (κ3) is 4.55. The Kier molecular flexibility index (Phi) is 5.78. The third-order valence-corrected chi connectivity index (χ3v) is 4.35. The summed E-state index contributed by atoms with van der Waals surface area (Å²) in [5, 5.41) is 0. The summed E-state index contributed by atoms with van der Waals surface area (Å²) in [6, 6.07) is 15.1. The molecule has 3 rings (SSSR count). The number of ether oxygens (including phenoxy) is 3. The molecule has 1 aliphatic heterocycles. The van der Waals surface area contributed by atoms with Crippen LogP contribution in [0.5, 0.6) is 11.5 Å². The quantitative estimate of drug-likeness (QED) is 0.823. The van der Waals surface area contributed by atoms with Gasteiger partial charge in [0, 0.05) is 24.7 Å². The SMILES string of the molecule is COc1cccc(OCc2ccc(C(=O)N3C[C@@H](C)O[C@H](C)C3)cc2)c1. The molecule has 0 radical (unpaired) electrons. The van der Waals surface area contributed by atoms with Gasteiger partial charge in [-0.05, 0) is 43.7 Å². The Hall–Kier alpha value is -2.53. The van der Waals surface area contributed by atoms with E-state index in [9.17, 15) is 4.79 Å². The Morgan fingerprint density at radius 2 is 1.73 bits per heavy atom. The van der Waals surface area contributed by atoms with Crippen molar-refractivity contribution in [2.45, 2.75) is 32.7 Å². The van der Waals surface area contributed by atoms with Gasteiger partial charge in [-0.1, -0.05) is 18.2 Å². The number of amides is 1. The maximum absolute atomic E-state index is 12.7. The zero-order valence-corrected chi connectivity index (χ0v) is 15.5. The highest BCUT2D eigenvalue weighted by molar-refractivity contribution is 5.94. The highest BCUT2D eigenvalue weighted by Gasteiger charge is 2.26. The van der Waals surface area contributed by atoms with Crippen molar-refractivity contribution in [3.05, 3.63) is 59.7 Å². The van der Waals surface area contributed by atoms with Gasteiger partial charge in [-0.25, -0.2) is 0 Å². The van der Waals surface area contributed by atoms with Crippen LogP contribution in [-0.4, -0.2) is 43.2 Å². The number of carbonyl (C=O) groups is 1. The summed E-state index contributed by atoms with van der Waals surface area (Å²) in [6.07, 6.45) is 0.136. The van der Waals surface area contributed by atoms with Gasteiger partial charge in [-0.2, -0.15) is 0 Å². The van der Waals surface area contributed by atoms with Gasteiger partial charge >= 0.3 is 0 Å². The summed E-state index contributed by atoms with van der Waals surface area (Å²) in [7, 11) is 1.63. The van der Waals surface area contributed by atoms with E-state index < -0.39 is 0 Å². The maximum atomic E-state index is 12.7. The molecular formula is C21H25NO4. The number of hydrogen-bond donors (Lipinski definition) is 0. The number of benzene rings is 2. The van der Waals surface area contributed by atoms with E-state index in [1.165, 1.54) is 0 Å². The number of carbonyl (C=O) groups excluding carboxylic acids is 1. The Balaban J connectivity index is 1.60. The first-order valence-corrected chi connectivity index (χ1v) is 8.85. The van der Waals surface area contributed by atoms with Crippen molar-refractivity contribution in [3.63, 3.8) is 0 Å². The van der Waals surface area contributed by atoms with Crippen molar-refractivity contribution in [2.24, 2.45) is 0 Å². The molecule has 0 aromatic heterocycles. The first-order valence-electron chi connectivity index (χ1n) is 8.85. The molecule has 1 saturated heterocycles. The molecule has 5 nitrogen and oxygen atoms in total.